The highest BCUT2D eigenvalue weighted by atomic mass is 16.2. The van der Waals surface area contributed by atoms with E-state index in [9.17, 15) is 4.79 Å². The predicted molar refractivity (Wildman–Crippen MR) is 59.7 cm³/mol. The fourth-order valence-corrected chi connectivity index (χ4v) is 1.19. The van der Waals surface area contributed by atoms with Gasteiger partial charge in [0, 0.05) is 13.1 Å². The number of carbonyl (C=O) groups excluding carboxylic acids is 1. The van der Waals surface area contributed by atoms with Crippen molar-refractivity contribution in [1.82, 2.24) is 10.4 Å². The van der Waals surface area contributed by atoms with Gasteiger partial charge in [0.25, 0.3) is 5.91 Å². The van der Waals surface area contributed by atoms with E-state index in [4.69, 9.17) is 0 Å². The molecule has 0 fully saturated rings. The first-order valence-corrected chi connectivity index (χ1v) is 5.43. The van der Waals surface area contributed by atoms with Gasteiger partial charge in [0.15, 0.2) is 0 Å². The standard InChI is InChI=1S/C11H22N2O/c1-4-7-8-9-12-13(10-5-2)11(14)6-3/h6,12H,3-5,7-10H2,1-2H3. The molecule has 82 valence electrons. The van der Waals surface area contributed by atoms with Crippen LogP contribution in [-0.4, -0.2) is 24.0 Å². The summed E-state index contributed by atoms with van der Waals surface area (Å²) in [5.41, 5.74) is 3.12. The van der Waals surface area contributed by atoms with Gasteiger partial charge in [-0.2, -0.15) is 0 Å². The lowest BCUT2D eigenvalue weighted by Crippen LogP contribution is -2.42. The number of amides is 1. The van der Waals surface area contributed by atoms with E-state index in [1.165, 1.54) is 18.9 Å². The van der Waals surface area contributed by atoms with Crippen LogP contribution >= 0.6 is 0 Å². The average Bonchev–Trinajstić information content (AvgIpc) is 2.21. The molecule has 0 bridgehead atoms. The molecule has 3 heteroatoms. The zero-order valence-electron chi connectivity index (χ0n) is 9.38. The third-order valence-electron chi connectivity index (χ3n) is 1.97. The molecule has 0 atom stereocenters. The normalized spacial score (nSPS) is 9.86. The van der Waals surface area contributed by atoms with Crippen LogP contribution in [0.15, 0.2) is 12.7 Å². The molecule has 3 nitrogen and oxygen atoms in total. The van der Waals surface area contributed by atoms with E-state index in [-0.39, 0.29) is 5.91 Å². The lowest BCUT2D eigenvalue weighted by atomic mass is 10.2. The van der Waals surface area contributed by atoms with Gasteiger partial charge in [-0.3, -0.25) is 9.80 Å². The van der Waals surface area contributed by atoms with Crippen molar-refractivity contribution in [3.8, 4) is 0 Å². The van der Waals surface area contributed by atoms with E-state index < -0.39 is 0 Å². The Bertz CT molecular complexity index is 169. The second kappa shape index (κ2) is 8.75. The molecule has 0 aromatic rings. The topological polar surface area (TPSA) is 32.3 Å². The minimum atomic E-state index is -0.0386. The molecule has 0 aromatic carbocycles. The van der Waals surface area contributed by atoms with Gasteiger partial charge in [-0.15, -0.1) is 0 Å². The fourth-order valence-electron chi connectivity index (χ4n) is 1.19. The summed E-state index contributed by atoms with van der Waals surface area (Å²) in [6, 6.07) is 0. The molecule has 0 saturated heterocycles. The first-order chi connectivity index (χ1) is 6.76. The van der Waals surface area contributed by atoms with E-state index in [2.05, 4.69) is 25.9 Å². The molecule has 0 radical (unpaired) electrons. The van der Waals surface area contributed by atoms with Crippen LogP contribution in [-0.2, 0) is 4.79 Å². The Balaban J connectivity index is 3.73. The smallest absolute Gasteiger partial charge is 0.260 e. The van der Waals surface area contributed by atoms with Crippen molar-refractivity contribution in [2.24, 2.45) is 0 Å². The highest BCUT2D eigenvalue weighted by Gasteiger charge is 2.06. The van der Waals surface area contributed by atoms with Crippen molar-refractivity contribution in [2.45, 2.75) is 39.5 Å². The highest BCUT2D eigenvalue weighted by Crippen LogP contribution is 1.94. The average molecular weight is 198 g/mol. The molecule has 1 N–H and O–H groups in total. The molecular formula is C11H22N2O. The minimum Gasteiger partial charge on any atom is -0.274 e. The van der Waals surface area contributed by atoms with Crippen LogP contribution in [0.3, 0.4) is 0 Å². The van der Waals surface area contributed by atoms with Gasteiger partial charge in [0.2, 0.25) is 0 Å². The third kappa shape index (κ3) is 5.75. The number of hydrogen-bond acceptors (Lipinski definition) is 2. The molecule has 1 amide bonds. The summed E-state index contributed by atoms with van der Waals surface area (Å²) in [6.07, 6.45) is 5.82. The van der Waals surface area contributed by atoms with Crippen molar-refractivity contribution in [3.63, 3.8) is 0 Å². The first kappa shape index (κ1) is 13.2. The van der Waals surface area contributed by atoms with E-state index >= 15 is 0 Å². The molecule has 0 aromatic heterocycles. The maximum atomic E-state index is 11.3. The van der Waals surface area contributed by atoms with Crippen LogP contribution in [0.1, 0.15) is 39.5 Å². The molecule has 14 heavy (non-hydrogen) atoms. The minimum absolute atomic E-state index is 0.0386. The monoisotopic (exact) mass is 198 g/mol. The SMILES string of the molecule is C=CC(=O)N(CCC)NCCCCC. The summed E-state index contributed by atoms with van der Waals surface area (Å²) in [7, 11) is 0. The van der Waals surface area contributed by atoms with Crippen molar-refractivity contribution >= 4 is 5.91 Å². The van der Waals surface area contributed by atoms with Crippen molar-refractivity contribution in [1.29, 1.82) is 0 Å². The van der Waals surface area contributed by atoms with Crippen molar-refractivity contribution in [3.05, 3.63) is 12.7 Å². The molecule has 0 rings (SSSR count). The van der Waals surface area contributed by atoms with Crippen LogP contribution in [0.25, 0.3) is 0 Å². The Hall–Kier alpha value is -0.830. The number of unbranched alkanes of at least 4 members (excludes halogenated alkanes) is 2. The van der Waals surface area contributed by atoms with Gasteiger partial charge in [-0.25, -0.2) is 5.43 Å². The lowest BCUT2D eigenvalue weighted by molar-refractivity contribution is -0.129. The fraction of sp³-hybridized carbons (Fsp3) is 0.727. The maximum Gasteiger partial charge on any atom is 0.260 e. The molecule has 0 spiro atoms. The predicted octanol–water partition coefficient (Wildman–Crippen LogP) is 2.11. The summed E-state index contributed by atoms with van der Waals surface area (Å²) < 4.78 is 0. The zero-order valence-corrected chi connectivity index (χ0v) is 9.38. The van der Waals surface area contributed by atoms with E-state index in [1.807, 2.05) is 0 Å². The summed E-state index contributed by atoms with van der Waals surface area (Å²) in [6.45, 7) is 9.31. The molecular weight excluding hydrogens is 176 g/mol. The number of rotatable bonds is 8. The Labute approximate surface area is 87.1 Å². The van der Waals surface area contributed by atoms with Gasteiger partial charge in [0.05, 0.1) is 0 Å². The summed E-state index contributed by atoms with van der Waals surface area (Å²) in [4.78, 5) is 11.3. The number of carbonyl (C=O) groups is 1. The Morgan fingerprint density at radius 3 is 2.57 bits per heavy atom. The van der Waals surface area contributed by atoms with Crippen molar-refractivity contribution in [2.75, 3.05) is 13.1 Å². The maximum absolute atomic E-state index is 11.3. The molecule has 0 aliphatic rings. The largest absolute Gasteiger partial charge is 0.274 e. The zero-order chi connectivity index (χ0) is 10.8. The molecule has 0 heterocycles. The second-order valence-corrected chi connectivity index (χ2v) is 3.31. The van der Waals surface area contributed by atoms with Crippen LogP contribution < -0.4 is 5.43 Å². The molecule has 0 aliphatic heterocycles. The molecule has 0 aliphatic carbocycles. The Morgan fingerprint density at radius 1 is 1.36 bits per heavy atom. The first-order valence-electron chi connectivity index (χ1n) is 5.43. The van der Waals surface area contributed by atoms with Gasteiger partial charge in [0.1, 0.15) is 0 Å². The van der Waals surface area contributed by atoms with Crippen LogP contribution in [0.5, 0.6) is 0 Å². The van der Waals surface area contributed by atoms with Gasteiger partial charge < -0.3 is 0 Å². The van der Waals surface area contributed by atoms with Crippen LogP contribution in [0.2, 0.25) is 0 Å². The number of hydrogen-bond donors (Lipinski definition) is 1. The van der Waals surface area contributed by atoms with Crippen LogP contribution in [0, 0.1) is 0 Å². The summed E-state index contributed by atoms with van der Waals surface area (Å²) >= 11 is 0. The summed E-state index contributed by atoms with van der Waals surface area (Å²) in [5, 5.41) is 1.64. The highest BCUT2D eigenvalue weighted by molar-refractivity contribution is 5.86. The Kier molecular flexibility index (Phi) is 8.24. The van der Waals surface area contributed by atoms with E-state index in [0.717, 1.165) is 25.9 Å². The van der Waals surface area contributed by atoms with E-state index in [0.29, 0.717) is 0 Å². The van der Waals surface area contributed by atoms with E-state index in [1.54, 1.807) is 5.01 Å². The van der Waals surface area contributed by atoms with Gasteiger partial charge in [-0.05, 0) is 18.9 Å². The summed E-state index contributed by atoms with van der Waals surface area (Å²) in [5.74, 6) is -0.0386. The number of nitrogens with zero attached hydrogens (tertiary/aromatic N) is 1. The van der Waals surface area contributed by atoms with Gasteiger partial charge >= 0.3 is 0 Å². The number of hydrazine groups is 1. The van der Waals surface area contributed by atoms with Crippen molar-refractivity contribution < 1.29 is 4.79 Å². The third-order valence-corrected chi connectivity index (χ3v) is 1.97. The van der Waals surface area contributed by atoms with Crippen LogP contribution in [0.4, 0.5) is 0 Å². The quantitative estimate of drug-likeness (QED) is 0.368. The number of nitrogens with one attached hydrogen (secondary N) is 1. The Morgan fingerprint density at radius 2 is 2.07 bits per heavy atom. The second-order valence-electron chi connectivity index (χ2n) is 3.31. The lowest BCUT2D eigenvalue weighted by Gasteiger charge is -2.21. The molecule has 0 saturated carbocycles. The van der Waals surface area contributed by atoms with Gasteiger partial charge in [-0.1, -0.05) is 33.3 Å². The molecule has 0 unspecified atom stereocenters.